The number of rotatable bonds is 6. The summed E-state index contributed by atoms with van der Waals surface area (Å²) in [5.74, 6) is -0.342. The summed E-state index contributed by atoms with van der Waals surface area (Å²) >= 11 is 0. The van der Waals surface area contributed by atoms with Crippen LogP contribution in [-0.4, -0.2) is 16.8 Å². The van der Waals surface area contributed by atoms with Gasteiger partial charge in [-0.1, -0.05) is 86.6 Å². The summed E-state index contributed by atoms with van der Waals surface area (Å²) in [5.41, 5.74) is 1.87. The van der Waals surface area contributed by atoms with Crippen molar-refractivity contribution < 1.29 is 14.7 Å². The molecule has 4 heteroatoms. The van der Waals surface area contributed by atoms with Crippen LogP contribution >= 0.6 is 0 Å². The number of carbonyl (C=O) groups excluding carboxylic acids is 2. The van der Waals surface area contributed by atoms with E-state index in [1.165, 1.54) is 0 Å². The SMILES string of the molecule is CC(C)c1ccc(C(=O)C[C@@]2(O)C(=O)N(Cc3ccccc3)c3ccccc32)cc1. The molecule has 0 unspecified atom stereocenters. The minimum Gasteiger partial charge on any atom is -0.375 e. The Morgan fingerprint density at radius 2 is 1.57 bits per heavy atom. The van der Waals surface area contributed by atoms with Gasteiger partial charge < -0.3 is 10.0 Å². The van der Waals surface area contributed by atoms with Crippen LogP contribution < -0.4 is 4.90 Å². The molecular weight excluding hydrogens is 374 g/mol. The molecule has 1 heterocycles. The summed E-state index contributed by atoms with van der Waals surface area (Å²) in [6, 6.07) is 24.2. The lowest BCUT2D eigenvalue weighted by Crippen LogP contribution is -2.41. The number of nitrogens with zero attached hydrogens (tertiary/aromatic N) is 1. The summed E-state index contributed by atoms with van der Waals surface area (Å²) in [7, 11) is 0. The van der Waals surface area contributed by atoms with Crippen LogP contribution in [0, 0.1) is 0 Å². The number of benzene rings is 3. The lowest BCUT2D eigenvalue weighted by atomic mass is 9.87. The van der Waals surface area contributed by atoms with Gasteiger partial charge in [-0.3, -0.25) is 9.59 Å². The van der Waals surface area contributed by atoms with Crippen LogP contribution in [0.15, 0.2) is 78.9 Å². The van der Waals surface area contributed by atoms with Crippen LogP contribution in [0.25, 0.3) is 0 Å². The summed E-state index contributed by atoms with van der Waals surface area (Å²) in [5, 5.41) is 11.4. The van der Waals surface area contributed by atoms with E-state index in [2.05, 4.69) is 13.8 Å². The van der Waals surface area contributed by atoms with E-state index in [-0.39, 0.29) is 12.2 Å². The molecule has 30 heavy (non-hydrogen) atoms. The molecule has 3 aromatic carbocycles. The summed E-state index contributed by atoms with van der Waals surface area (Å²) in [4.78, 5) is 27.9. The monoisotopic (exact) mass is 399 g/mol. The third-order valence-electron chi connectivity index (χ3n) is 5.74. The van der Waals surface area contributed by atoms with E-state index in [4.69, 9.17) is 0 Å². The van der Waals surface area contributed by atoms with Gasteiger partial charge in [0.1, 0.15) is 0 Å². The number of Topliss-reactive ketones (excluding diaryl/α,β-unsaturated/α-hetero) is 1. The number of para-hydroxylation sites is 1. The highest BCUT2D eigenvalue weighted by Gasteiger charge is 2.50. The fraction of sp³-hybridized carbons (Fsp3) is 0.231. The molecule has 4 nitrogen and oxygen atoms in total. The summed E-state index contributed by atoms with van der Waals surface area (Å²) in [6.45, 7) is 4.53. The predicted molar refractivity (Wildman–Crippen MR) is 117 cm³/mol. The van der Waals surface area contributed by atoms with Gasteiger partial charge in [-0.15, -0.1) is 0 Å². The minimum atomic E-state index is -1.86. The fourth-order valence-electron chi connectivity index (χ4n) is 3.99. The zero-order valence-corrected chi connectivity index (χ0v) is 17.2. The van der Waals surface area contributed by atoms with E-state index in [9.17, 15) is 14.7 Å². The Morgan fingerprint density at radius 3 is 2.23 bits per heavy atom. The smallest absolute Gasteiger partial charge is 0.264 e. The molecule has 1 aliphatic heterocycles. The van der Waals surface area contributed by atoms with Crippen molar-refractivity contribution in [3.8, 4) is 0 Å². The van der Waals surface area contributed by atoms with Crippen LogP contribution in [0.4, 0.5) is 5.69 Å². The van der Waals surface area contributed by atoms with Crippen molar-refractivity contribution in [2.75, 3.05) is 4.90 Å². The molecule has 0 fully saturated rings. The van der Waals surface area contributed by atoms with Crippen molar-refractivity contribution in [1.29, 1.82) is 0 Å². The summed E-state index contributed by atoms with van der Waals surface area (Å²) in [6.07, 6.45) is -0.283. The molecule has 1 aliphatic rings. The van der Waals surface area contributed by atoms with Crippen LogP contribution in [0.1, 0.15) is 53.2 Å². The third-order valence-corrected chi connectivity index (χ3v) is 5.74. The van der Waals surface area contributed by atoms with Gasteiger partial charge in [0, 0.05) is 11.1 Å². The van der Waals surface area contributed by atoms with Gasteiger partial charge in [0.15, 0.2) is 11.4 Å². The Morgan fingerprint density at radius 1 is 0.933 bits per heavy atom. The van der Waals surface area contributed by atoms with Crippen molar-refractivity contribution in [3.05, 3.63) is 101 Å². The number of hydrogen-bond donors (Lipinski definition) is 1. The first-order valence-electron chi connectivity index (χ1n) is 10.2. The molecule has 4 rings (SSSR count). The molecule has 0 saturated heterocycles. The largest absolute Gasteiger partial charge is 0.375 e. The standard InChI is InChI=1S/C26H25NO3/c1-18(2)20-12-14-21(15-13-20)24(28)16-26(30)22-10-6-7-11-23(22)27(25(26)29)17-19-8-4-3-5-9-19/h3-15,18,30H,16-17H2,1-2H3/t26-/m0/s1. The molecule has 0 spiro atoms. The van der Waals surface area contributed by atoms with E-state index in [0.717, 1.165) is 11.1 Å². The molecule has 0 aliphatic carbocycles. The highest BCUT2D eigenvalue weighted by Crippen LogP contribution is 2.43. The van der Waals surface area contributed by atoms with Gasteiger partial charge in [-0.25, -0.2) is 0 Å². The average Bonchev–Trinajstić information content (AvgIpc) is 2.96. The molecular formula is C26H25NO3. The Balaban J connectivity index is 1.63. The quantitative estimate of drug-likeness (QED) is 0.605. The van der Waals surface area contributed by atoms with Crippen LogP contribution in [0.5, 0.6) is 0 Å². The van der Waals surface area contributed by atoms with E-state index >= 15 is 0 Å². The Bertz CT molecular complexity index is 1070. The second-order valence-electron chi connectivity index (χ2n) is 8.13. The first-order valence-corrected chi connectivity index (χ1v) is 10.2. The number of anilines is 1. The van der Waals surface area contributed by atoms with E-state index in [1.54, 1.807) is 29.2 Å². The van der Waals surface area contributed by atoms with Crippen molar-refractivity contribution >= 4 is 17.4 Å². The maximum atomic E-state index is 13.3. The molecule has 0 aromatic heterocycles. The van der Waals surface area contributed by atoms with Gasteiger partial charge in [0.05, 0.1) is 18.7 Å². The molecule has 1 N–H and O–H groups in total. The topological polar surface area (TPSA) is 57.6 Å². The van der Waals surface area contributed by atoms with E-state index in [0.29, 0.717) is 29.3 Å². The van der Waals surface area contributed by atoms with Crippen LogP contribution in [0.3, 0.4) is 0 Å². The Kier molecular flexibility index (Phi) is 5.27. The maximum absolute atomic E-state index is 13.3. The second-order valence-corrected chi connectivity index (χ2v) is 8.13. The third kappa shape index (κ3) is 3.55. The highest BCUT2D eigenvalue weighted by atomic mass is 16.3. The molecule has 0 bridgehead atoms. The van der Waals surface area contributed by atoms with E-state index in [1.807, 2.05) is 54.6 Å². The maximum Gasteiger partial charge on any atom is 0.264 e. The van der Waals surface area contributed by atoms with Gasteiger partial charge in [-0.05, 0) is 23.1 Å². The van der Waals surface area contributed by atoms with Crippen molar-refractivity contribution in [2.24, 2.45) is 0 Å². The fourth-order valence-corrected chi connectivity index (χ4v) is 3.99. The van der Waals surface area contributed by atoms with Gasteiger partial charge in [0.25, 0.3) is 5.91 Å². The van der Waals surface area contributed by atoms with Crippen LogP contribution in [0.2, 0.25) is 0 Å². The van der Waals surface area contributed by atoms with Gasteiger partial charge in [0.2, 0.25) is 0 Å². The van der Waals surface area contributed by atoms with Crippen molar-refractivity contribution in [3.63, 3.8) is 0 Å². The lowest BCUT2D eigenvalue weighted by molar-refractivity contribution is -0.136. The normalized spacial score (nSPS) is 18.0. The minimum absolute atomic E-state index is 0.252. The molecule has 0 radical (unpaired) electrons. The van der Waals surface area contributed by atoms with Crippen LogP contribution in [-0.2, 0) is 16.9 Å². The highest BCUT2D eigenvalue weighted by molar-refractivity contribution is 6.10. The molecule has 152 valence electrons. The Hall–Kier alpha value is -3.24. The number of carbonyl (C=O) groups is 2. The first kappa shape index (κ1) is 20.0. The first-order chi connectivity index (χ1) is 14.4. The predicted octanol–water partition coefficient (Wildman–Crippen LogP) is 4.82. The van der Waals surface area contributed by atoms with Crippen molar-refractivity contribution in [1.82, 2.24) is 0 Å². The summed E-state index contributed by atoms with van der Waals surface area (Å²) < 4.78 is 0. The number of amides is 1. The molecule has 3 aromatic rings. The number of ketones is 1. The van der Waals surface area contributed by atoms with E-state index < -0.39 is 11.5 Å². The average molecular weight is 399 g/mol. The molecule has 0 saturated carbocycles. The van der Waals surface area contributed by atoms with Gasteiger partial charge in [-0.2, -0.15) is 0 Å². The zero-order valence-electron chi connectivity index (χ0n) is 17.2. The number of aliphatic hydroxyl groups is 1. The number of hydrogen-bond acceptors (Lipinski definition) is 3. The zero-order chi connectivity index (χ0) is 21.3. The second kappa shape index (κ2) is 7.88. The lowest BCUT2D eigenvalue weighted by Gasteiger charge is -2.23. The molecule has 1 atom stereocenters. The Labute approximate surface area is 176 Å². The number of fused-ring (bicyclic) bond motifs is 1. The van der Waals surface area contributed by atoms with Gasteiger partial charge >= 0.3 is 0 Å². The van der Waals surface area contributed by atoms with Crippen molar-refractivity contribution in [2.45, 2.75) is 38.3 Å². The molecule has 1 amide bonds.